The highest BCUT2D eigenvalue weighted by molar-refractivity contribution is 6.35. The molecule has 1 aromatic carbocycles. The Morgan fingerprint density at radius 2 is 1.72 bits per heavy atom. The van der Waals surface area contributed by atoms with Gasteiger partial charge in [-0.25, -0.2) is 0 Å². The van der Waals surface area contributed by atoms with Crippen molar-refractivity contribution in [2.45, 2.75) is 19.9 Å². The zero-order valence-corrected chi connectivity index (χ0v) is 15.9. The minimum atomic E-state index is -0.423. The van der Waals surface area contributed by atoms with Crippen LogP contribution in [0.4, 0.5) is 5.69 Å². The van der Waals surface area contributed by atoms with E-state index >= 15 is 0 Å². The van der Waals surface area contributed by atoms with Crippen LogP contribution in [0.5, 0.6) is 0 Å². The number of anilines is 1. The smallest absolute Gasteiger partial charge is 0.275 e. The zero-order valence-electron chi connectivity index (χ0n) is 14.4. The third kappa shape index (κ3) is 8.72. The van der Waals surface area contributed by atoms with Crippen LogP contribution in [0.15, 0.2) is 18.2 Å². The van der Waals surface area contributed by atoms with Crippen LogP contribution in [0.2, 0.25) is 10.0 Å². The van der Waals surface area contributed by atoms with Gasteiger partial charge in [0.2, 0.25) is 5.91 Å². The van der Waals surface area contributed by atoms with E-state index in [0.29, 0.717) is 20.6 Å². The molecular formula is C16H23Cl2N4O3+. The molecule has 0 aliphatic carbocycles. The van der Waals surface area contributed by atoms with Gasteiger partial charge < -0.3 is 20.9 Å². The van der Waals surface area contributed by atoms with Crippen molar-refractivity contribution in [1.29, 1.82) is 0 Å². The van der Waals surface area contributed by atoms with Crippen molar-refractivity contribution in [1.82, 2.24) is 10.6 Å². The summed E-state index contributed by atoms with van der Waals surface area (Å²) >= 11 is 11.8. The molecule has 7 nitrogen and oxygen atoms in total. The maximum absolute atomic E-state index is 11.9. The van der Waals surface area contributed by atoms with E-state index in [1.54, 1.807) is 19.2 Å². The van der Waals surface area contributed by atoms with Crippen molar-refractivity contribution >= 4 is 46.6 Å². The average molecular weight is 390 g/mol. The first-order chi connectivity index (χ1) is 11.7. The highest BCUT2D eigenvalue weighted by atomic mass is 35.5. The Bertz CT molecular complexity index is 638. The van der Waals surface area contributed by atoms with Crippen molar-refractivity contribution < 1.29 is 19.3 Å². The number of nitrogens with one attached hydrogen (secondary N) is 4. The molecular weight excluding hydrogens is 367 g/mol. The Hall–Kier alpha value is -1.83. The number of rotatable bonds is 8. The van der Waals surface area contributed by atoms with Crippen molar-refractivity contribution in [2.75, 3.05) is 32.0 Å². The number of halogens is 2. The predicted octanol–water partition coefficient (Wildman–Crippen LogP) is 0.0874. The lowest BCUT2D eigenvalue weighted by atomic mass is 10.3. The SMILES string of the molecule is CC(C)NC(=O)C[NH+](C)CC(=O)NCC(=O)Nc1cc(Cl)ccc1Cl. The summed E-state index contributed by atoms with van der Waals surface area (Å²) < 4.78 is 0. The van der Waals surface area contributed by atoms with Gasteiger partial charge in [-0.15, -0.1) is 0 Å². The molecule has 138 valence electrons. The molecule has 0 bridgehead atoms. The van der Waals surface area contributed by atoms with E-state index < -0.39 is 5.91 Å². The molecule has 9 heteroatoms. The van der Waals surface area contributed by atoms with Crippen LogP contribution in [0, 0.1) is 0 Å². The van der Waals surface area contributed by atoms with Crippen molar-refractivity contribution in [2.24, 2.45) is 0 Å². The zero-order chi connectivity index (χ0) is 19.0. The van der Waals surface area contributed by atoms with Crippen LogP contribution in [0.25, 0.3) is 0 Å². The van der Waals surface area contributed by atoms with E-state index in [0.717, 1.165) is 0 Å². The van der Waals surface area contributed by atoms with Gasteiger partial charge in [-0.3, -0.25) is 14.4 Å². The number of carbonyl (C=O) groups excluding carboxylic acids is 3. The minimum absolute atomic E-state index is 0.0520. The fourth-order valence-corrected chi connectivity index (χ4v) is 2.35. The molecule has 25 heavy (non-hydrogen) atoms. The fraction of sp³-hybridized carbons (Fsp3) is 0.438. The molecule has 0 aliphatic rings. The number of hydrogen-bond donors (Lipinski definition) is 4. The second-order valence-corrected chi connectivity index (χ2v) is 6.83. The molecule has 1 atom stereocenters. The highest BCUT2D eigenvalue weighted by Gasteiger charge is 2.15. The first kappa shape index (κ1) is 21.2. The topological polar surface area (TPSA) is 91.7 Å². The number of carbonyl (C=O) groups is 3. The number of hydrogen-bond acceptors (Lipinski definition) is 3. The molecule has 1 unspecified atom stereocenters. The third-order valence-electron chi connectivity index (χ3n) is 3.02. The Balaban J connectivity index is 2.36. The van der Waals surface area contributed by atoms with Gasteiger partial charge in [-0.2, -0.15) is 0 Å². The molecule has 0 spiro atoms. The highest BCUT2D eigenvalue weighted by Crippen LogP contribution is 2.25. The monoisotopic (exact) mass is 389 g/mol. The fourth-order valence-electron chi connectivity index (χ4n) is 2.01. The largest absolute Gasteiger partial charge is 0.349 e. The number of amides is 3. The summed E-state index contributed by atoms with van der Waals surface area (Å²) in [5.74, 6) is -0.886. The lowest BCUT2D eigenvalue weighted by molar-refractivity contribution is -0.862. The molecule has 0 saturated heterocycles. The first-order valence-corrected chi connectivity index (χ1v) is 8.55. The van der Waals surface area contributed by atoms with E-state index in [1.807, 2.05) is 13.8 Å². The Kier molecular flexibility index (Phi) is 8.68. The lowest BCUT2D eigenvalue weighted by Gasteiger charge is -2.15. The van der Waals surface area contributed by atoms with Crippen LogP contribution in [0.3, 0.4) is 0 Å². The quantitative estimate of drug-likeness (QED) is 0.507. The third-order valence-corrected chi connectivity index (χ3v) is 3.59. The second-order valence-electron chi connectivity index (χ2n) is 5.98. The van der Waals surface area contributed by atoms with E-state index in [4.69, 9.17) is 23.2 Å². The number of quaternary nitrogens is 1. The molecule has 0 radical (unpaired) electrons. The summed E-state index contributed by atoms with van der Waals surface area (Å²) in [5, 5.41) is 8.62. The summed E-state index contributed by atoms with van der Waals surface area (Å²) in [6.07, 6.45) is 0. The van der Waals surface area contributed by atoms with Crippen LogP contribution in [-0.2, 0) is 14.4 Å². The van der Waals surface area contributed by atoms with Crippen LogP contribution < -0.4 is 20.9 Å². The number of benzene rings is 1. The molecule has 1 aromatic rings. The molecule has 1 rings (SSSR count). The van der Waals surface area contributed by atoms with E-state index in [9.17, 15) is 14.4 Å². The van der Waals surface area contributed by atoms with Crippen molar-refractivity contribution in [3.05, 3.63) is 28.2 Å². The summed E-state index contributed by atoms with van der Waals surface area (Å²) in [6, 6.07) is 4.75. The van der Waals surface area contributed by atoms with Crippen LogP contribution >= 0.6 is 23.2 Å². The molecule has 3 amide bonds. The molecule has 0 heterocycles. The van der Waals surface area contributed by atoms with Crippen molar-refractivity contribution in [3.63, 3.8) is 0 Å². The van der Waals surface area contributed by atoms with E-state index in [-0.39, 0.29) is 37.5 Å². The maximum atomic E-state index is 11.9. The van der Waals surface area contributed by atoms with E-state index in [2.05, 4.69) is 16.0 Å². The predicted molar refractivity (Wildman–Crippen MR) is 98.0 cm³/mol. The summed E-state index contributed by atoms with van der Waals surface area (Å²) in [7, 11) is 1.73. The summed E-state index contributed by atoms with van der Waals surface area (Å²) in [5.41, 5.74) is 0.376. The molecule has 0 saturated carbocycles. The summed E-state index contributed by atoms with van der Waals surface area (Å²) in [4.78, 5) is 36.1. The standard InChI is InChI=1S/C16H22Cl2N4O3/c1-10(2)20-16(25)9-22(3)8-15(24)19-7-14(23)21-13-6-11(17)4-5-12(13)18/h4-6,10H,7-9H2,1-3H3,(H,19,24)(H,20,25)(H,21,23)/p+1. The molecule has 4 N–H and O–H groups in total. The number of likely N-dealkylation sites (N-methyl/N-ethyl adjacent to an activating group) is 1. The Labute approximate surface area is 157 Å². The first-order valence-electron chi connectivity index (χ1n) is 7.79. The Morgan fingerprint density at radius 1 is 1.08 bits per heavy atom. The van der Waals surface area contributed by atoms with Gasteiger partial charge in [0.05, 0.1) is 24.3 Å². The normalized spacial score (nSPS) is 11.8. The maximum Gasteiger partial charge on any atom is 0.275 e. The van der Waals surface area contributed by atoms with Gasteiger partial charge >= 0.3 is 0 Å². The second kappa shape index (κ2) is 10.2. The van der Waals surface area contributed by atoms with Crippen LogP contribution in [0.1, 0.15) is 13.8 Å². The van der Waals surface area contributed by atoms with Crippen LogP contribution in [-0.4, -0.2) is 50.4 Å². The van der Waals surface area contributed by atoms with Gasteiger partial charge in [-0.1, -0.05) is 23.2 Å². The lowest BCUT2D eigenvalue weighted by Crippen LogP contribution is -3.11. The Morgan fingerprint density at radius 3 is 2.36 bits per heavy atom. The van der Waals surface area contributed by atoms with Gasteiger partial charge in [0.25, 0.3) is 11.8 Å². The average Bonchev–Trinajstić information content (AvgIpc) is 2.47. The van der Waals surface area contributed by atoms with Gasteiger partial charge in [0.15, 0.2) is 13.1 Å². The molecule has 0 aliphatic heterocycles. The summed E-state index contributed by atoms with van der Waals surface area (Å²) in [6.45, 7) is 3.79. The molecule has 0 fully saturated rings. The van der Waals surface area contributed by atoms with Gasteiger partial charge in [0, 0.05) is 11.1 Å². The van der Waals surface area contributed by atoms with Gasteiger partial charge in [0.1, 0.15) is 0 Å². The van der Waals surface area contributed by atoms with E-state index in [1.165, 1.54) is 6.07 Å². The molecule has 0 aromatic heterocycles. The van der Waals surface area contributed by atoms with Gasteiger partial charge in [-0.05, 0) is 32.0 Å². The minimum Gasteiger partial charge on any atom is -0.349 e. The van der Waals surface area contributed by atoms with Crippen molar-refractivity contribution in [3.8, 4) is 0 Å².